The average Bonchev–Trinajstić information content (AvgIpc) is 2.42. The highest BCUT2D eigenvalue weighted by Gasteiger charge is 2.08. The number of hydrogen-bond acceptors (Lipinski definition) is 2. The fourth-order valence-electron chi connectivity index (χ4n) is 2.08. The van der Waals surface area contributed by atoms with E-state index in [4.69, 9.17) is 0 Å². The Morgan fingerprint density at radius 1 is 1.25 bits per heavy atom. The van der Waals surface area contributed by atoms with E-state index in [1.165, 1.54) is 16.5 Å². The Morgan fingerprint density at radius 3 is 2.75 bits per heavy atom. The highest BCUT2D eigenvalue weighted by molar-refractivity contribution is 5.81. The van der Waals surface area contributed by atoms with Crippen LogP contribution in [0.2, 0.25) is 0 Å². The molecule has 2 rings (SSSR count). The molecule has 2 aromatic rings. The van der Waals surface area contributed by atoms with Gasteiger partial charge in [-0.05, 0) is 51.0 Å². The molecule has 0 aliphatic carbocycles. The van der Waals surface area contributed by atoms with Gasteiger partial charge in [0.1, 0.15) is 0 Å². The molecule has 0 saturated heterocycles. The minimum Gasteiger partial charge on any atom is -0.308 e. The van der Waals surface area contributed by atoms with Crippen LogP contribution >= 0.6 is 0 Å². The van der Waals surface area contributed by atoms with Crippen molar-refractivity contribution in [1.82, 2.24) is 10.3 Å². The molecule has 2 nitrogen and oxygen atoms in total. The Morgan fingerprint density at radius 2 is 2.05 bits per heavy atom. The fraction of sp³-hybridized carbons (Fsp3) is 0.389. The molecule has 20 heavy (non-hydrogen) atoms. The van der Waals surface area contributed by atoms with Crippen LogP contribution in [-0.4, -0.2) is 17.1 Å². The summed E-state index contributed by atoms with van der Waals surface area (Å²) in [6.45, 7) is 9.73. The van der Waals surface area contributed by atoms with E-state index in [2.05, 4.69) is 68.3 Å². The summed E-state index contributed by atoms with van der Waals surface area (Å²) in [5.74, 6) is 0. The second-order valence-electron chi connectivity index (χ2n) is 6.22. The van der Waals surface area contributed by atoms with Crippen molar-refractivity contribution in [1.29, 1.82) is 0 Å². The van der Waals surface area contributed by atoms with Gasteiger partial charge in [-0.2, -0.15) is 0 Å². The first-order valence-corrected chi connectivity index (χ1v) is 7.27. The van der Waals surface area contributed by atoms with Crippen molar-refractivity contribution in [2.24, 2.45) is 0 Å². The van der Waals surface area contributed by atoms with E-state index in [-0.39, 0.29) is 5.54 Å². The molecular formula is C18H24N2. The first-order chi connectivity index (χ1) is 9.48. The van der Waals surface area contributed by atoms with Gasteiger partial charge in [-0.15, -0.1) is 0 Å². The van der Waals surface area contributed by atoms with E-state index in [9.17, 15) is 0 Å². The van der Waals surface area contributed by atoms with Crippen molar-refractivity contribution < 1.29 is 0 Å². The Labute approximate surface area is 121 Å². The van der Waals surface area contributed by atoms with Gasteiger partial charge >= 0.3 is 0 Å². The molecule has 1 aromatic carbocycles. The fourth-order valence-corrected chi connectivity index (χ4v) is 2.08. The van der Waals surface area contributed by atoms with E-state index in [0.717, 1.165) is 18.5 Å². The van der Waals surface area contributed by atoms with Gasteiger partial charge in [-0.3, -0.25) is 4.98 Å². The van der Waals surface area contributed by atoms with Gasteiger partial charge in [0.05, 0.1) is 5.52 Å². The van der Waals surface area contributed by atoms with Crippen molar-refractivity contribution in [2.45, 2.75) is 39.7 Å². The van der Waals surface area contributed by atoms with Crippen LogP contribution in [0.1, 0.15) is 39.7 Å². The lowest BCUT2D eigenvalue weighted by molar-refractivity contribution is 0.443. The number of aromatic nitrogens is 1. The van der Waals surface area contributed by atoms with Crippen LogP contribution in [0.5, 0.6) is 0 Å². The number of pyridine rings is 1. The second-order valence-corrected chi connectivity index (χ2v) is 6.22. The molecule has 0 radical (unpaired) electrons. The quantitative estimate of drug-likeness (QED) is 0.888. The summed E-state index contributed by atoms with van der Waals surface area (Å²) in [4.78, 5) is 4.36. The highest BCUT2D eigenvalue weighted by Crippen LogP contribution is 2.17. The number of nitrogens with one attached hydrogen (secondary N) is 1. The van der Waals surface area contributed by atoms with E-state index in [1.54, 1.807) is 0 Å². The Balaban J connectivity index is 2.20. The second kappa shape index (κ2) is 6.19. The molecule has 0 saturated carbocycles. The van der Waals surface area contributed by atoms with Gasteiger partial charge in [-0.25, -0.2) is 0 Å². The number of benzene rings is 1. The van der Waals surface area contributed by atoms with Gasteiger partial charge in [-0.1, -0.05) is 30.7 Å². The van der Waals surface area contributed by atoms with E-state index >= 15 is 0 Å². The topological polar surface area (TPSA) is 24.9 Å². The SMILES string of the molecule is CCC(=Cc1ccc2ncccc2c1)CNC(C)(C)C. The van der Waals surface area contributed by atoms with Gasteiger partial charge in [0.2, 0.25) is 0 Å². The summed E-state index contributed by atoms with van der Waals surface area (Å²) in [7, 11) is 0. The Bertz CT molecular complexity index is 606. The summed E-state index contributed by atoms with van der Waals surface area (Å²) in [5.41, 5.74) is 3.87. The molecule has 106 valence electrons. The van der Waals surface area contributed by atoms with Crippen LogP contribution in [0.15, 0.2) is 42.1 Å². The maximum Gasteiger partial charge on any atom is 0.0702 e. The van der Waals surface area contributed by atoms with Crippen molar-refractivity contribution in [3.63, 3.8) is 0 Å². The molecule has 0 bridgehead atoms. The molecule has 1 heterocycles. The summed E-state index contributed by atoms with van der Waals surface area (Å²) in [6, 6.07) is 10.5. The maximum atomic E-state index is 4.36. The third kappa shape index (κ3) is 4.17. The van der Waals surface area contributed by atoms with E-state index in [0.29, 0.717) is 0 Å². The molecule has 1 N–H and O–H groups in total. The standard InChI is InChI=1S/C18H24N2/c1-5-14(13-20-18(2,3)4)11-15-8-9-17-16(12-15)7-6-10-19-17/h6-12,20H,5,13H2,1-4H3. The zero-order chi connectivity index (χ0) is 14.6. The Hall–Kier alpha value is -1.67. The van der Waals surface area contributed by atoms with Crippen LogP contribution in [0.25, 0.3) is 17.0 Å². The van der Waals surface area contributed by atoms with Crippen molar-refractivity contribution in [2.75, 3.05) is 6.54 Å². The van der Waals surface area contributed by atoms with Gasteiger partial charge in [0, 0.05) is 23.7 Å². The van der Waals surface area contributed by atoms with Crippen LogP contribution in [0, 0.1) is 0 Å². The van der Waals surface area contributed by atoms with Crippen molar-refractivity contribution >= 4 is 17.0 Å². The first-order valence-electron chi connectivity index (χ1n) is 7.27. The molecule has 0 amide bonds. The predicted octanol–water partition coefficient (Wildman–Crippen LogP) is 4.42. The summed E-state index contributed by atoms with van der Waals surface area (Å²) in [5, 5.41) is 4.74. The average molecular weight is 268 g/mol. The van der Waals surface area contributed by atoms with Crippen molar-refractivity contribution in [3.8, 4) is 0 Å². The summed E-state index contributed by atoms with van der Waals surface area (Å²) < 4.78 is 0. The highest BCUT2D eigenvalue weighted by atomic mass is 14.9. The van der Waals surface area contributed by atoms with Gasteiger partial charge in [0.15, 0.2) is 0 Å². The minimum atomic E-state index is 0.154. The Kier molecular flexibility index (Phi) is 4.56. The zero-order valence-electron chi connectivity index (χ0n) is 12.9. The first kappa shape index (κ1) is 14.7. The van der Waals surface area contributed by atoms with Crippen LogP contribution in [-0.2, 0) is 0 Å². The zero-order valence-corrected chi connectivity index (χ0v) is 12.9. The number of rotatable bonds is 4. The largest absolute Gasteiger partial charge is 0.308 e. The minimum absolute atomic E-state index is 0.154. The van der Waals surface area contributed by atoms with Crippen LogP contribution in [0.3, 0.4) is 0 Å². The molecule has 0 unspecified atom stereocenters. The maximum absolute atomic E-state index is 4.36. The smallest absolute Gasteiger partial charge is 0.0702 e. The molecule has 1 aromatic heterocycles. The van der Waals surface area contributed by atoms with Gasteiger partial charge in [0.25, 0.3) is 0 Å². The van der Waals surface area contributed by atoms with Gasteiger partial charge < -0.3 is 5.32 Å². The monoisotopic (exact) mass is 268 g/mol. The number of fused-ring (bicyclic) bond motifs is 1. The normalized spacial score (nSPS) is 12.9. The number of hydrogen-bond donors (Lipinski definition) is 1. The summed E-state index contributed by atoms with van der Waals surface area (Å²) in [6.07, 6.45) is 5.18. The van der Waals surface area contributed by atoms with Crippen LogP contribution < -0.4 is 5.32 Å². The lowest BCUT2D eigenvalue weighted by Gasteiger charge is -2.21. The molecule has 2 heteroatoms. The van der Waals surface area contributed by atoms with E-state index in [1.807, 2.05) is 12.3 Å². The van der Waals surface area contributed by atoms with E-state index < -0.39 is 0 Å². The molecule has 0 spiro atoms. The molecular weight excluding hydrogens is 244 g/mol. The molecule has 0 aliphatic heterocycles. The third-order valence-electron chi connectivity index (χ3n) is 3.30. The lowest BCUT2D eigenvalue weighted by atomic mass is 10.0. The lowest BCUT2D eigenvalue weighted by Crippen LogP contribution is -2.36. The summed E-state index contributed by atoms with van der Waals surface area (Å²) >= 11 is 0. The van der Waals surface area contributed by atoms with Crippen LogP contribution in [0.4, 0.5) is 0 Å². The number of nitrogens with zero attached hydrogens (tertiary/aromatic N) is 1. The van der Waals surface area contributed by atoms with Crippen molar-refractivity contribution in [3.05, 3.63) is 47.7 Å². The third-order valence-corrected chi connectivity index (χ3v) is 3.30. The molecule has 0 aliphatic rings. The predicted molar refractivity (Wildman–Crippen MR) is 87.8 cm³/mol. The molecule has 0 atom stereocenters. The molecule has 0 fully saturated rings.